The molecule has 1 aliphatic rings. The van der Waals surface area contributed by atoms with E-state index in [0.29, 0.717) is 5.56 Å². The van der Waals surface area contributed by atoms with Crippen LogP contribution >= 0.6 is 0 Å². The predicted octanol–water partition coefficient (Wildman–Crippen LogP) is 4.54. The molecule has 0 bridgehead atoms. The van der Waals surface area contributed by atoms with E-state index >= 15 is 0 Å². The van der Waals surface area contributed by atoms with Gasteiger partial charge in [0.2, 0.25) is 0 Å². The molecule has 0 aliphatic carbocycles. The second kappa shape index (κ2) is 8.50. The zero-order valence-electron chi connectivity index (χ0n) is 17.6. The van der Waals surface area contributed by atoms with E-state index in [-0.39, 0.29) is 12.1 Å². The van der Waals surface area contributed by atoms with Crippen LogP contribution in [0.5, 0.6) is 5.75 Å². The highest BCUT2D eigenvalue weighted by Crippen LogP contribution is 2.37. The van der Waals surface area contributed by atoms with Gasteiger partial charge in [-0.15, -0.1) is 0 Å². The standard InChI is InChI=1S/C24H28N2O4/c1-15-12-22(30-3)20(19-8-10-25-23(15)19)14-26-11-9-18(29-2)13-21(26)16-4-6-17(7-5-16)24(27)28/h4-8,10,12,18,21,25H,9,11,13-14H2,1-3H3,(H,27,28). The minimum absolute atomic E-state index is 0.145. The van der Waals surface area contributed by atoms with Crippen molar-refractivity contribution in [1.29, 1.82) is 0 Å². The monoisotopic (exact) mass is 408 g/mol. The van der Waals surface area contributed by atoms with Crippen LogP contribution in [0.1, 0.15) is 45.9 Å². The smallest absolute Gasteiger partial charge is 0.335 e. The summed E-state index contributed by atoms with van der Waals surface area (Å²) in [5.41, 5.74) is 4.88. The van der Waals surface area contributed by atoms with Crippen LogP contribution < -0.4 is 4.74 Å². The molecule has 0 spiro atoms. The number of benzene rings is 2. The number of nitrogens with one attached hydrogen (secondary N) is 1. The van der Waals surface area contributed by atoms with Crippen LogP contribution in [-0.2, 0) is 11.3 Å². The van der Waals surface area contributed by atoms with Crippen LogP contribution in [-0.4, -0.2) is 47.8 Å². The first-order valence-corrected chi connectivity index (χ1v) is 10.3. The minimum Gasteiger partial charge on any atom is -0.496 e. The minimum atomic E-state index is -0.906. The van der Waals surface area contributed by atoms with E-state index in [1.807, 2.05) is 18.3 Å². The molecular formula is C24H28N2O4. The first-order valence-electron chi connectivity index (χ1n) is 10.3. The molecule has 3 aromatic rings. The Labute approximate surface area is 176 Å². The molecule has 2 unspecified atom stereocenters. The Morgan fingerprint density at radius 3 is 2.67 bits per heavy atom. The predicted molar refractivity (Wildman–Crippen MR) is 116 cm³/mol. The van der Waals surface area contributed by atoms with Crippen molar-refractivity contribution in [3.05, 3.63) is 64.8 Å². The van der Waals surface area contributed by atoms with Crippen LogP contribution in [0.25, 0.3) is 10.9 Å². The number of aromatic carboxylic acids is 1. The molecule has 0 radical (unpaired) electrons. The van der Waals surface area contributed by atoms with Crippen molar-refractivity contribution in [3.8, 4) is 5.75 Å². The molecule has 0 amide bonds. The van der Waals surface area contributed by atoms with E-state index in [9.17, 15) is 9.90 Å². The van der Waals surface area contributed by atoms with Gasteiger partial charge in [-0.05, 0) is 55.2 Å². The molecule has 2 heterocycles. The maximum atomic E-state index is 11.2. The molecule has 6 heteroatoms. The third-order valence-corrected chi connectivity index (χ3v) is 6.23. The largest absolute Gasteiger partial charge is 0.496 e. The van der Waals surface area contributed by atoms with E-state index in [1.54, 1.807) is 26.4 Å². The fourth-order valence-corrected chi connectivity index (χ4v) is 4.56. The third kappa shape index (κ3) is 3.80. The number of carboxylic acids is 1. The number of piperidine rings is 1. The van der Waals surface area contributed by atoms with Crippen LogP contribution in [0.15, 0.2) is 42.6 Å². The summed E-state index contributed by atoms with van der Waals surface area (Å²) in [5.74, 6) is -0.00972. The molecule has 1 aliphatic heterocycles. The number of nitrogens with zero attached hydrogens (tertiary/aromatic N) is 1. The summed E-state index contributed by atoms with van der Waals surface area (Å²) in [6.45, 7) is 3.73. The Bertz CT molecular complexity index is 1040. The summed E-state index contributed by atoms with van der Waals surface area (Å²) >= 11 is 0. The number of rotatable bonds is 6. The van der Waals surface area contributed by atoms with Crippen LogP contribution in [0.3, 0.4) is 0 Å². The van der Waals surface area contributed by atoms with Gasteiger partial charge in [-0.3, -0.25) is 4.90 Å². The topological polar surface area (TPSA) is 74.8 Å². The normalized spacial score (nSPS) is 19.8. The molecule has 0 saturated carbocycles. The highest BCUT2D eigenvalue weighted by molar-refractivity contribution is 5.88. The van der Waals surface area contributed by atoms with Gasteiger partial charge < -0.3 is 19.6 Å². The highest BCUT2D eigenvalue weighted by Gasteiger charge is 2.31. The molecule has 2 atom stereocenters. The zero-order chi connectivity index (χ0) is 21.3. The summed E-state index contributed by atoms with van der Waals surface area (Å²) in [6.07, 6.45) is 4.00. The third-order valence-electron chi connectivity index (χ3n) is 6.23. The van der Waals surface area contributed by atoms with Gasteiger partial charge in [0.05, 0.1) is 18.8 Å². The molecule has 2 aromatic carbocycles. The van der Waals surface area contributed by atoms with Gasteiger partial charge in [-0.25, -0.2) is 4.79 Å². The first-order chi connectivity index (χ1) is 14.5. The SMILES string of the molecule is COc1cc(C)c2[nH]ccc2c1CN1CCC(OC)CC1c1ccc(C(=O)O)cc1. The van der Waals surface area contributed by atoms with Crippen molar-refractivity contribution < 1.29 is 19.4 Å². The quantitative estimate of drug-likeness (QED) is 0.627. The lowest BCUT2D eigenvalue weighted by molar-refractivity contribution is 0.00675. The number of ether oxygens (including phenoxy) is 2. The number of hydrogen-bond donors (Lipinski definition) is 2. The molecule has 1 saturated heterocycles. The van der Waals surface area contributed by atoms with Crippen LogP contribution in [0, 0.1) is 6.92 Å². The number of H-pyrrole nitrogens is 1. The van der Waals surface area contributed by atoms with E-state index in [4.69, 9.17) is 9.47 Å². The van der Waals surface area contributed by atoms with Gasteiger partial charge in [-0.2, -0.15) is 0 Å². The molecule has 1 fully saturated rings. The maximum Gasteiger partial charge on any atom is 0.335 e. The van der Waals surface area contributed by atoms with Crippen molar-refractivity contribution in [3.63, 3.8) is 0 Å². The second-order valence-electron chi connectivity index (χ2n) is 7.94. The number of carboxylic acid groups (broad SMARTS) is 1. The van der Waals surface area contributed by atoms with Gasteiger partial charge in [0.25, 0.3) is 0 Å². The number of carbonyl (C=O) groups is 1. The fourth-order valence-electron chi connectivity index (χ4n) is 4.56. The maximum absolute atomic E-state index is 11.2. The Balaban J connectivity index is 1.70. The summed E-state index contributed by atoms with van der Waals surface area (Å²) in [4.78, 5) is 17.0. The van der Waals surface area contributed by atoms with Gasteiger partial charge >= 0.3 is 5.97 Å². The number of aryl methyl sites for hydroxylation is 1. The van der Waals surface area contributed by atoms with Crippen molar-refractivity contribution in [2.24, 2.45) is 0 Å². The number of hydrogen-bond acceptors (Lipinski definition) is 4. The van der Waals surface area contributed by atoms with Crippen molar-refractivity contribution in [2.75, 3.05) is 20.8 Å². The van der Waals surface area contributed by atoms with E-state index in [1.165, 1.54) is 10.9 Å². The van der Waals surface area contributed by atoms with Crippen LogP contribution in [0.4, 0.5) is 0 Å². The lowest BCUT2D eigenvalue weighted by Gasteiger charge is -2.39. The number of fused-ring (bicyclic) bond motifs is 1. The average Bonchev–Trinajstić information content (AvgIpc) is 3.26. The second-order valence-corrected chi connectivity index (χ2v) is 7.94. The van der Waals surface area contributed by atoms with Gasteiger partial charge in [0, 0.05) is 48.9 Å². The number of methoxy groups -OCH3 is 2. The molecule has 30 heavy (non-hydrogen) atoms. The molecular weight excluding hydrogens is 380 g/mol. The number of likely N-dealkylation sites (tertiary alicyclic amines) is 1. The molecule has 1 aromatic heterocycles. The van der Waals surface area contributed by atoms with E-state index < -0.39 is 5.97 Å². The van der Waals surface area contributed by atoms with Crippen molar-refractivity contribution in [1.82, 2.24) is 9.88 Å². The summed E-state index contributed by atoms with van der Waals surface area (Å²) in [5, 5.41) is 10.4. The summed E-state index contributed by atoms with van der Waals surface area (Å²) < 4.78 is 11.4. The fraction of sp³-hybridized carbons (Fsp3) is 0.375. The lowest BCUT2D eigenvalue weighted by Crippen LogP contribution is -2.39. The Hall–Kier alpha value is -2.83. The molecule has 2 N–H and O–H groups in total. The number of aromatic amines is 1. The average molecular weight is 408 g/mol. The summed E-state index contributed by atoms with van der Waals surface area (Å²) in [6, 6.07) is 11.6. The highest BCUT2D eigenvalue weighted by atomic mass is 16.5. The van der Waals surface area contributed by atoms with Crippen molar-refractivity contribution in [2.45, 2.75) is 38.5 Å². The Morgan fingerprint density at radius 2 is 2.00 bits per heavy atom. The van der Waals surface area contributed by atoms with Crippen molar-refractivity contribution >= 4 is 16.9 Å². The lowest BCUT2D eigenvalue weighted by atomic mass is 9.91. The zero-order valence-corrected chi connectivity index (χ0v) is 17.6. The van der Waals surface area contributed by atoms with E-state index in [2.05, 4.69) is 28.9 Å². The molecule has 4 rings (SSSR count). The van der Waals surface area contributed by atoms with Crippen LogP contribution in [0.2, 0.25) is 0 Å². The Morgan fingerprint density at radius 1 is 1.23 bits per heavy atom. The Kier molecular flexibility index (Phi) is 5.79. The number of aromatic nitrogens is 1. The van der Waals surface area contributed by atoms with Gasteiger partial charge in [0.15, 0.2) is 0 Å². The van der Waals surface area contributed by atoms with E-state index in [0.717, 1.165) is 48.3 Å². The van der Waals surface area contributed by atoms with Gasteiger partial charge in [0.1, 0.15) is 5.75 Å². The summed E-state index contributed by atoms with van der Waals surface area (Å²) in [7, 11) is 3.48. The molecule has 6 nitrogen and oxygen atoms in total. The first kappa shape index (κ1) is 20.4. The van der Waals surface area contributed by atoms with Gasteiger partial charge in [-0.1, -0.05) is 12.1 Å². The molecule has 158 valence electrons.